The lowest BCUT2D eigenvalue weighted by atomic mass is 10.0. The van der Waals surface area contributed by atoms with Crippen molar-refractivity contribution in [1.82, 2.24) is 14.8 Å². The summed E-state index contributed by atoms with van der Waals surface area (Å²) in [4.78, 5) is 42.5. The molecule has 1 aliphatic heterocycles. The average Bonchev–Trinajstić information content (AvgIpc) is 2.90. The number of rotatable bonds is 9. The number of carboxylic acids is 1. The quantitative estimate of drug-likeness (QED) is 0.484. The van der Waals surface area contributed by atoms with Crippen molar-refractivity contribution < 1.29 is 42.1 Å². The number of halogens is 3. The Morgan fingerprint density at radius 2 is 1.68 bits per heavy atom. The van der Waals surface area contributed by atoms with E-state index in [0.717, 1.165) is 42.9 Å². The van der Waals surface area contributed by atoms with E-state index in [9.17, 15) is 22.8 Å². The second kappa shape index (κ2) is 14.4. The number of aliphatic carboxylic acids is 1. The van der Waals surface area contributed by atoms with Crippen LogP contribution in [0.15, 0.2) is 42.6 Å². The number of pyridine rings is 1. The van der Waals surface area contributed by atoms with Crippen LogP contribution in [0.5, 0.6) is 5.75 Å². The predicted octanol–water partition coefficient (Wildman–Crippen LogP) is 3.22. The summed E-state index contributed by atoms with van der Waals surface area (Å²) in [6.45, 7) is 2.47. The number of ketones is 1. The van der Waals surface area contributed by atoms with Crippen LogP contribution in [0.2, 0.25) is 0 Å². The Morgan fingerprint density at radius 1 is 1.08 bits per heavy atom. The molecule has 1 N–H and O–H groups in total. The van der Waals surface area contributed by atoms with Crippen molar-refractivity contribution in [2.75, 3.05) is 40.9 Å². The Labute approximate surface area is 219 Å². The van der Waals surface area contributed by atoms with Crippen molar-refractivity contribution in [1.29, 1.82) is 0 Å². The highest BCUT2D eigenvalue weighted by atomic mass is 19.4. The van der Waals surface area contributed by atoms with Crippen molar-refractivity contribution in [2.45, 2.75) is 38.1 Å². The normalized spacial score (nSPS) is 14.3. The molecule has 1 amide bonds. The minimum absolute atomic E-state index is 0.0917. The first kappa shape index (κ1) is 30.7. The summed E-state index contributed by atoms with van der Waals surface area (Å²) < 4.78 is 41.9. The molecule has 0 atom stereocenters. The number of likely N-dealkylation sites (N-methyl/N-ethyl adjacent to an activating group) is 1. The Morgan fingerprint density at radius 3 is 2.16 bits per heavy atom. The van der Waals surface area contributed by atoms with Crippen molar-refractivity contribution in [3.8, 4) is 5.75 Å². The Balaban J connectivity index is 0.000000638. The third-order valence-corrected chi connectivity index (χ3v) is 6.05. The molecule has 12 heteroatoms. The van der Waals surface area contributed by atoms with E-state index in [0.29, 0.717) is 25.1 Å². The van der Waals surface area contributed by atoms with Crippen molar-refractivity contribution in [2.24, 2.45) is 0 Å². The van der Waals surface area contributed by atoms with Gasteiger partial charge in [0.05, 0.1) is 32.4 Å². The molecule has 0 unspecified atom stereocenters. The number of nitrogens with zero attached hydrogens (tertiary/aromatic N) is 3. The van der Waals surface area contributed by atoms with Crippen LogP contribution < -0.4 is 4.74 Å². The molecule has 0 saturated carbocycles. The minimum atomic E-state index is -5.08. The van der Waals surface area contributed by atoms with Crippen LogP contribution >= 0.6 is 0 Å². The molecule has 2 heterocycles. The largest absolute Gasteiger partial charge is 0.497 e. The van der Waals surface area contributed by atoms with Gasteiger partial charge in [-0.2, -0.15) is 13.2 Å². The summed E-state index contributed by atoms with van der Waals surface area (Å²) in [6, 6.07) is 11.2. The first-order valence-electron chi connectivity index (χ1n) is 11.8. The molecule has 0 bridgehead atoms. The van der Waals surface area contributed by atoms with Crippen LogP contribution in [0.25, 0.3) is 0 Å². The third-order valence-electron chi connectivity index (χ3n) is 6.05. The molecule has 208 valence electrons. The third kappa shape index (κ3) is 9.75. The van der Waals surface area contributed by atoms with Gasteiger partial charge in [0.15, 0.2) is 5.78 Å². The first-order chi connectivity index (χ1) is 17.9. The maximum Gasteiger partial charge on any atom is 0.490 e. The summed E-state index contributed by atoms with van der Waals surface area (Å²) in [5.74, 6) is -1.82. The Bertz CT molecular complexity index is 1050. The van der Waals surface area contributed by atoms with Gasteiger partial charge >= 0.3 is 12.1 Å². The maximum absolute atomic E-state index is 12.7. The van der Waals surface area contributed by atoms with E-state index < -0.39 is 12.1 Å². The molecule has 1 aliphatic rings. The van der Waals surface area contributed by atoms with Crippen molar-refractivity contribution in [3.05, 3.63) is 59.4 Å². The van der Waals surface area contributed by atoms with Gasteiger partial charge in [-0.15, -0.1) is 0 Å². The monoisotopic (exact) mass is 539 g/mol. The number of hydrogen-bond donors (Lipinski definition) is 1. The maximum atomic E-state index is 12.7. The molecule has 0 radical (unpaired) electrons. The van der Waals surface area contributed by atoms with Crippen LogP contribution in [0.4, 0.5) is 13.2 Å². The molecule has 38 heavy (non-hydrogen) atoms. The van der Waals surface area contributed by atoms with Crippen LogP contribution in [0.3, 0.4) is 0 Å². The average molecular weight is 540 g/mol. The zero-order valence-electron chi connectivity index (χ0n) is 21.5. The summed E-state index contributed by atoms with van der Waals surface area (Å²) in [5.41, 5.74) is 2.45. The molecule has 1 fully saturated rings. The first-order valence-corrected chi connectivity index (χ1v) is 11.8. The highest BCUT2D eigenvalue weighted by Crippen LogP contribution is 2.18. The van der Waals surface area contributed by atoms with Gasteiger partial charge in [0.25, 0.3) is 0 Å². The van der Waals surface area contributed by atoms with Gasteiger partial charge < -0.3 is 19.5 Å². The van der Waals surface area contributed by atoms with Gasteiger partial charge in [0.1, 0.15) is 5.75 Å². The van der Waals surface area contributed by atoms with E-state index >= 15 is 0 Å². The number of Topliss-reactive ketones (excluding diaryl/α,β-unsaturated/α-hetero) is 1. The van der Waals surface area contributed by atoms with Crippen molar-refractivity contribution in [3.63, 3.8) is 0 Å². The number of alkyl halides is 3. The lowest BCUT2D eigenvalue weighted by molar-refractivity contribution is -0.192. The van der Waals surface area contributed by atoms with E-state index in [4.69, 9.17) is 19.4 Å². The van der Waals surface area contributed by atoms with E-state index in [1.54, 1.807) is 44.7 Å². The lowest BCUT2D eigenvalue weighted by Crippen LogP contribution is -2.47. The Hall–Kier alpha value is -3.51. The molecule has 1 saturated heterocycles. The van der Waals surface area contributed by atoms with Gasteiger partial charge in [0, 0.05) is 45.0 Å². The molecule has 2 aromatic rings. The number of benzene rings is 1. The van der Waals surface area contributed by atoms with E-state index in [2.05, 4.69) is 9.88 Å². The number of amides is 1. The van der Waals surface area contributed by atoms with Crippen LogP contribution in [0, 0.1) is 0 Å². The second-order valence-electron chi connectivity index (χ2n) is 8.73. The van der Waals surface area contributed by atoms with Crippen LogP contribution in [-0.4, -0.2) is 90.7 Å². The smallest absolute Gasteiger partial charge is 0.490 e. The number of hydrogen-bond acceptors (Lipinski definition) is 7. The molecular weight excluding hydrogens is 507 g/mol. The highest BCUT2D eigenvalue weighted by Gasteiger charge is 2.38. The number of methoxy groups -OCH3 is 2. The minimum Gasteiger partial charge on any atom is -0.497 e. The zero-order valence-corrected chi connectivity index (χ0v) is 21.5. The second-order valence-corrected chi connectivity index (χ2v) is 8.73. The van der Waals surface area contributed by atoms with Crippen LogP contribution in [-0.2, 0) is 27.4 Å². The van der Waals surface area contributed by atoms with E-state index in [1.807, 2.05) is 24.1 Å². The van der Waals surface area contributed by atoms with Gasteiger partial charge in [-0.05, 0) is 48.7 Å². The van der Waals surface area contributed by atoms with E-state index in [1.165, 1.54) is 0 Å². The van der Waals surface area contributed by atoms with Gasteiger partial charge in [-0.3, -0.25) is 19.5 Å². The molecule has 1 aromatic heterocycles. The lowest BCUT2D eigenvalue weighted by Gasteiger charge is -2.36. The number of ether oxygens (including phenoxy) is 2. The fourth-order valence-electron chi connectivity index (χ4n) is 3.83. The molecule has 0 aliphatic carbocycles. The fraction of sp³-hybridized carbons (Fsp3) is 0.462. The standard InChI is InChI=1S/C24H31N3O4.C2HF3O2/c1-26(24(29)14-18-4-7-20(17-30-2)25-15-18)21-10-12-27(13-11-21)16-23(28)19-5-8-22(31-3)9-6-19;3-2(4,5)1(6)7/h4-9,15,21H,10-14,16-17H2,1-3H3;(H,6,7). The van der Waals surface area contributed by atoms with Gasteiger partial charge in [-0.1, -0.05) is 6.07 Å². The number of aromatic nitrogens is 1. The number of carbonyl (C=O) groups excluding carboxylic acids is 2. The predicted molar refractivity (Wildman–Crippen MR) is 132 cm³/mol. The fourth-order valence-corrected chi connectivity index (χ4v) is 3.83. The number of piperidine rings is 1. The van der Waals surface area contributed by atoms with E-state index in [-0.39, 0.29) is 17.7 Å². The topological polar surface area (TPSA) is 109 Å². The molecular formula is C26H32F3N3O6. The molecule has 3 rings (SSSR count). The van der Waals surface area contributed by atoms with Gasteiger partial charge in [-0.25, -0.2) is 4.79 Å². The van der Waals surface area contributed by atoms with Crippen molar-refractivity contribution >= 4 is 17.7 Å². The summed E-state index contributed by atoms with van der Waals surface area (Å²) in [6.07, 6.45) is -1.27. The molecule has 1 aromatic carbocycles. The van der Waals surface area contributed by atoms with Gasteiger partial charge in [0.2, 0.25) is 5.91 Å². The Kier molecular flexibility index (Phi) is 11.7. The summed E-state index contributed by atoms with van der Waals surface area (Å²) >= 11 is 0. The highest BCUT2D eigenvalue weighted by molar-refractivity contribution is 5.97. The zero-order chi connectivity index (χ0) is 28.3. The number of carbonyl (C=O) groups is 3. The molecule has 9 nitrogen and oxygen atoms in total. The summed E-state index contributed by atoms with van der Waals surface area (Å²) in [7, 11) is 5.12. The SMILES string of the molecule is COCc1ccc(CC(=O)N(C)C2CCN(CC(=O)c3ccc(OC)cc3)CC2)cn1.O=C(O)C(F)(F)F. The number of likely N-dealkylation sites (tertiary alicyclic amines) is 1. The molecule has 0 spiro atoms. The number of carboxylic acid groups (broad SMARTS) is 1. The van der Waals surface area contributed by atoms with Crippen LogP contribution in [0.1, 0.15) is 34.5 Å². The summed E-state index contributed by atoms with van der Waals surface area (Å²) in [5, 5.41) is 7.12.